The van der Waals surface area contributed by atoms with Gasteiger partial charge < -0.3 is 15.3 Å². The first-order valence-electron chi connectivity index (χ1n) is 6.08. The average Bonchev–Trinajstić information content (AvgIpc) is 2.35. The normalized spacial score (nSPS) is 11.4. The van der Waals surface area contributed by atoms with Gasteiger partial charge in [-0.3, -0.25) is 14.9 Å². The highest BCUT2D eigenvalue weighted by Gasteiger charge is 2.22. The van der Waals surface area contributed by atoms with Gasteiger partial charge in [0.1, 0.15) is 0 Å². The summed E-state index contributed by atoms with van der Waals surface area (Å²) in [4.78, 5) is 23.8. The van der Waals surface area contributed by atoms with E-state index in [0.29, 0.717) is 6.54 Å². The maximum Gasteiger partial charge on any atom is 0.310 e. The van der Waals surface area contributed by atoms with Crippen LogP contribution in [0.25, 0.3) is 0 Å². The highest BCUT2D eigenvalue weighted by atomic mass is 16.6. The molecule has 0 atom stereocenters. The zero-order valence-corrected chi connectivity index (χ0v) is 12.0. The van der Waals surface area contributed by atoms with Crippen LogP contribution in [0, 0.1) is 10.1 Å². The van der Waals surface area contributed by atoms with E-state index in [1.54, 1.807) is 0 Å². The van der Waals surface area contributed by atoms with Gasteiger partial charge in [-0.2, -0.15) is 0 Å². The van der Waals surface area contributed by atoms with E-state index in [1.165, 1.54) is 6.07 Å². The number of phenolic OH excluding ortho intramolecular Hbond substituents is 1. The molecule has 7 nitrogen and oxygen atoms in total. The second-order valence-corrected chi connectivity index (χ2v) is 5.35. The molecular weight excluding hydrogens is 262 g/mol. The highest BCUT2D eigenvalue weighted by Crippen LogP contribution is 2.26. The third-order valence-corrected chi connectivity index (χ3v) is 3.33. The summed E-state index contributed by atoms with van der Waals surface area (Å²) >= 11 is 0. The molecule has 0 heterocycles. The van der Waals surface area contributed by atoms with E-state index < -0.39 is 16.4 Å². The molecular formula is C13H19N3O4. The third-order valence-electron chi connectivity index (χ3n) is 3.33. The molecule has 0 aliphatic carbocycles. The minimum atomic E-state index is -0.702. The van der Waals surface area contributed by atoms with Crippen LogP contribution in [0.3, 0.4) is 0 Å². The topological polar surface area (TPSA) is 95.7 Å². The molecule has 1 amide bonds. The molecule has 2 N–H and O–H groups in total. The maximum atomic E-state index is 11.9. The van der Waals surface area contributed by atoms with Crippen LogP contribution in [0.2, 0.25) is 0 Å². The number of nitrogens with one attached hydrogen (secondary N) is 1. The van der Waals surface area contributed by atoms with Gasteiger partial charge >= 0.3 is 5.69 Å². The van der Waals surface area contributed by atoms with E-state index in [9.17, 15) is 20.0 Å². The van der Waals surface area contributed by atoms with Crippen molar-refractivity contribution in [2.24, 2.45) is 0 Å². The van der Waals surface area contributed by atoms with Crippen molar-refractivity contribution in [2.75, 3.05) is 20.6 Å². The molecule has 0 aliphatic heterocycles. The number of nitrogens with zero attached hydrogens (tertiary/aromatic N) is 2. The number of carbonyl (C=O) groups is 1. The van der Waals surface area contributed by atoms with Crippen molar-refractivity contribution in [2.45, 2.75) is 19.4 Å². The van der Waals surface area contributed by atoms with Crippen LogP contribution in [0.4, 0.5) is 5.69 Å². The standard InChI is InChI=1S/C13H19N3O4/c1-13(2,15(3)4)8-14-12(18)9-5-6-10(16(19)20)11(17)7-9/h5-7,17H,8H2,1-4H3,(H,14,18). The highest BCUT2D eigenvalue weighted by molar-refractivity contribution is 5.95. The predicted molar refractivity (Wildman–Crippen MR) is 74.9 cm³/mol. The second-order valence-electron chi connectivity index (χ2n) is 5.35. The average molecular weight is 281 g/mol. The number of benzene rings is 1. The van der Waals surface area contributed by atoms with Gasteiger partial charge in [-0.05, 0) is 40.1 Å². The van der Waals surface area contributed by atoms with Crippen LogP contribution < -0.4 is 5.32 Å². The monoisotopic (exact) mass is 281 g/mol. The summed E-state index contributed by atoms with van der Waals surface area (Å²) < 4.78 is 0. The molecule has 20 heavy (non-hydrogen) atoms. The maximum absolute atomic E-state index is 11.9. The summed E-state index contributed by atoms with van der Waals surface area (Å²) in [6.07, 6.45) is 0. The number of amides is 1. The molecule has 1 rings (SSSR count). The van der Waals surface area contributed by atoms with E-state index in [2.05, 4.69) is 5.32 Å². The van der Waals surface area contributed by atoms with Crippen LogP contribution in [0.5, 0.6) is 5.75 Å². The number of hydrogen-bond acceptors (Lipinski definition) is 5. The molecule has 1 aromatic rings. The molecule has 1 aromatic carbocycles. The van der Waals surface area contributed by atoms with Crippen LogP contribution in [0.15, 0.2) is 18.2 Å². The molecule has 110 valence electrons. The Morgan fingerprint density at radius 2 is 2.05 bits per heavy atom. The zero-order valence-electron chi connectivity index (χ0n) is 12.0. The molecule has 0 unspecified atom stereocenters. The molecule has 0 spiro atoms. The zero-order chi connectivity index (χ0) is 15.5. The number of nitro benzene ring substituents is 1. The number of phenols is 1. The summed E-state index contributed by atoms with van der Waals surface area (Å²) in [5.41, 5.74) is -0.462. The number of rotatable bonds is 5. The first-order valence-corrected chi connectivity index (χ1v) is 6.08. The minimum absolute atomic E-state index is 0.183. The fourth-order valence-corrected chi connectivity index (χ4v) is 1.38. The quantitative estimate of drug-likeness (QED) is 0.627. The van der Waals surface area contributed by atoms with Crippen LogP contribution in [-0.2, 0) is 0 Å². The number of aromatic hydroxyl groups is 1. The lowest BCUT2D eigenvalue weighted by Crippen LogP contribution is -2.48. The lowest BCUT2D eigenvalue weighted by atomic mass is 10.0. The van der Waals surface area contributed by atoms with E-state index in [-0.39, 0.29) is 17.0 Å². The summed E-state index contributed by atoms with van der Waals surface area (Å²) in [6, 6.07) is 3.52. The number of hydrogen-bond donors (Lipinski definition) is 2. The molecule has 0 saturated carbocycles. The summed E-state index contributed by atoms with van der Waals surface area (Å²) in [5.74, 6) is -0.903. The van der Waals surface area contributed by atoms with Crippen molar-refractivity contribution >= 4 is 11.6 Å². The van der Waals surface area contributed by atoms with Crippen LogP contribution >= 0.6 is 0 Å². The number of carbonyl (C=O) groups excluding carboxylic acids is 1. The third kappa shape index (κ3) is 3.67. The van der Waals surface area contributed by atoms with Crippen molar-refractivity contribution in [3.63, 3.8) is 0 Å². The Morgan fingerprint density at radius 1 is 1.45 bits per heavy atom. The van der Waals surface area contributed by atoms with Gasteiger partial charge in [0.2, 0.25) is 0 Å². The summed E-state index contributed by atoms with van der Waals surface area (Å²) in [5, 5.41) is 22.8. The Hall–Kier alpha value is -2.15. The van der Waals surface area contributed by atoms with Gasteiger partial charge in [-0.25, -0.2) is 0 Å². The predicted octanol–water partition coefficient (Wildman–Crippen LogP) is 1.37. The largest absolute Gasteiger partial charge is 0.502 e. The first-order chi connectivity index (χ1) is 9.15. The van der Waals surface area contributed by atoms with Crippen LogP contribution in [0.1, 0.15) is 24.2 Å². The van der Waals surface area contributed by atoms with E-state index >= 15 is 0 Å². The minimum Gasteiger partial charge on any atom is -0.502 e. The lowest BCUT2D eigenvalue weighted by Gasteiger charge is -2.32. The van der Waals surface area contributed by atoms with E-state index in [1.807, 2.05) is 32.8 Å². The number of likely N-dealkylation sites (N-methyl/N-ethyl adjacent to an activating group) is 1. The molecule has 7 heteroatoms. The van der Waals surface area contributed by atoms with E-state index in [0.717, 1.165) is 12.1 Å². The van der Waals surface area contributed by atoms with Crippen molar-refractivity contribution in [1.82, 2.24) is 10.2 Å². The molecule has 0 saturated heterocycles. The number of nitro groups is 1. The second kappa shape index (κ2) is 5.87. The van der Waals surface area contributed by atoms with Gasteiger partial charge in [0, 0.05) is 23.7 Å². The van der Waals surface area contributed by atoms with Crippen molar-refractivity contribution in [1.29, 1.82) is 0 Å². The van der Waals surface area contributed by atoms with Gasteiger partial charge in [-0.1, -0.05) is 0 Å². The SMILES string of the molecule is CN(C)C(C)(C)CNC(=O)c1ccc([N+](=O)[O-])c(O)c1. The summed E-state index contributed by atoms with van der Waals surface area (Å²) in [7, 11) is 3.81. The first kappa shape index (κ1) is 15.9. The lowest BCUT2D eigenvalue weighted by molar-refractivity contribution is -0.385. The Balaban J connectivity index is 2.79. The van der Waals surface area contributed by atoms with Crippen molar-refractivity contribution < 1.29 is 14.8 Å². The molecule has 0 aromatic heterocycles. The Morgan fingerprint density at radius 3 is 2.50 bits per heavy atom. The van der Waals surface area contributed by atoms with Gasteiger partial charge in [0.05, 0.1) is 4.92 Å². The molecule has 0 aliphatic rings. The molecule has 0 fully saturated rings. The van der Waals surface area contributed by atoms with E-state index in [4.69, 9.17) is 0 Å². The van der Waals surface area contributed by atoms with Crippen molar-refractivity contribution in [3.05, 3.63) is 33.9 Å². The summed E-state index contributed by atoms with van der Waals surface area (Å²) in [6.45, 7) is 4.36. The fourth-order valence-electron chi connectivity index (χ4n) is 1.38. The van der Waals surface area contributed by atoms with Crippen molar-refractivity contribution in [3.8, 4) is 5.75 Å². The molecule has 0 bridgehead atoms. The fraction of sp³-hybridized carbons (Fsp3) is 0.462. The van der Waals surface area contributed by atoms with Gasteiger partial charge in [0.15, 0.2) is 5.75 Å². The Bertz CT molecular complexity index is 526. The van der Waals surface area contributed by atoms with Crippen LogP contribution in [-0.4, -0.2) is 47.0 Å². The Labute approximate surface area is 117 Å². The van der Waals surface area contributed by atoms with Gasteiger partial charge in [0.25, 0.3) is 5.91 Å². The smallest absolute Gasteiger partial charge is 0.310 e. The molecule has 0 radical (unpaired) electrons. The van der Waals surface area contributed by atoms with Gasteiger partial charge in [-0.15, -0.1) is 0 Å². The Kier molecular flexibility index (Phi) is 4.67.